The second-order valence-electron chi connectivity index (χ2n) is 7.02. The first kappa shape index (κ1) is 15.6. The van der Waals surface area contributed by atoms with E-state index in [1.165, 1.54) is 12.8 Å². The van der Waals surface area contributed by atoms with Gasteiger partial charge < -0.3 is 15.3 Å². The zero-order valence-corrected chi connectivity index (χ0v) is 13.1. The molecule has 2 rings (SSSR count). The lowest BCUT2D eigenvalue weighted by atomic mass is 9.80. The molecule has 4 heteroatoms. The molecule has 0 bridgehead atoms. The summed E-state index contributed by atoms with van der Waals surface area (Å²) in [5, 5.41) is 12.8. The van der Waals surface area contributed by atoms with E-state index in [0.717, 1.165) is 38.3 Å². The number of nitrogens with one attached hydrogen (secondary N) is 1. The molecule has 0 aromatic heterocycles. The lowest BCUT2D eigenvalue weighted by molar-refractivity contribution is 0.0781. The van der Waals surface area contributed by atoms with Crippen molar-refractivity contribution in [1.82, 2.24) is 10.2 Å². The largest absolute Gasteiger partial charge is 0.393 e. The quantitative estimate of drug-likeness (QED) is 0.818. The van der Waals surface area contributed by atoms with E-state index in [0.29, 0.717) is 17.9 Å². The third kappa shape index (κ3) is 3.87. The van der Waals surface area contributed by atoms with Crippen LogP contribution < -0.4 is 5.32 Å². The van der Waals surface area contributed by atoms with Crippen LogP contribution in [0.5, 0.6) is 0 Å². The van der Waals surface area contributed by atoms with Gasteiger partial charge in [-0.15, -0.1) is 0 Å². The van der Waals surface area contributed by atoms with Crippen molar-refractivity contribution >= 4 is 6.03 Å². The van der Waals surface area contributed by atoms with Crippen molar-refractivity contribution in [2.45, 2.75) is 65.0 Å². The number of likely N-dealkylation sites (tertiary alicyclic amines) is 1. The molecule has 0 radical (unpaired) electrons. The lowest BCUT2D eigenvalue weighted by Crippen LogP contribution is -2.51. The SMILES string of the molecule is CC1CCC(NC(=O)N2CCC(C(C)O)CC2)C(C)C1. The number of nitrogens with zero attached hydrogens (tertiary/aromatic N) is 1. The van der Waals surface area contributed by atoms with Crippen LogP contribution in [0.3, 0.4) is 0 Å². The first-order chi connectivity index (χ1) is 9.47. The number of carbonyl (C=O) groups is 1. The topological polar surface area (TPSA) is 52.6 Å². The molecule has 1 aliphatic carbocycles. The molecule has 116 valence electrons. The highest BCUT2D eigenvalue weighted by Gasteiger charge is 2.30. The van der Waals surface area contributed by atoms with Crippen LogP contribution >= 0.6 is 0 Å². The fourth-order valence-electron chi connectivity index (χ4n) is 3.71. The number of piperidine rings is 1. The molecule has 1 saturated carbocycles. The van der Waals surface area contributed by atoms with Gasteiger partial charge in [0.25, 0.3) is 0 Å². The minimum atomic E-state index is -0.250. The molecule has 1 saturated heterocycles. The molecule has 1 aliphatic heterocycles. The molecule has 4 atom stereocenters. The van der Waals surface area contributed by atoms with Crippen molar-refractivity contribution < 1.29 is 9.90 Å². The van der Waals surface area contributed by atoms with Crippen LogP contribution in [0.15, 0.2) is 0 Å². The van der Waals surface area contributed by atoms with Gasteiger partial charge in [-0.2, -0.15) is 0 Å². The Balaban J connectivity index is 1.78. The Labute approximate surface area is 122 Å². The summed E-state index contributed by atoms with van der Waals surface area (Å²) < 4.78 is 0. The van der Waals surface area contributed by atoms with Crippen molar-refractivity contribution in [1.29, 1.82) is 0 Å². The molecular formula is C16H30N2O2. The van der Waals surface area contributed by atoms with E-state index in [9.17, 15) is 9.90 Å². The van der Waals surface area contributed by atoms with Crippen molar-refractivity contribution in [3.63, 3.8) is 0 Å². The summed E-state index contributed by atoms with van der Waals surface area (Å²) in [5.74, 6) is 1.73. The number of aliphatic hydroxyl groups excluding tert-OH is 1. The van der Waals surface area contributed by atoms with Gasteiger partial charge in [-0.1, -0.05) is 13.8 Å². The Hall–Kier alpha value is -0.770. The monoisotopic (exact) mass is 282 g/mol. The Bertz CT molecular complexity index is 324. The number of amides is 2. The highest BCUT2D eigenvalue weighted by atomic mass is 16.3. The molecule has 20 heavy (non-hydrogen) atoms. The van der Waals surface area contributed by atoms with Crippen LogP contribution in [-0.2, 0) is 0 Å². The Morgan fingerprint density at radius 3 is 2.40 bits per heavy atom. The molecule has 2 amide bonds. The third-order valence-electron chi connectivity index (χ3n) is 5.25. The van der Waals surface area contributed by atoms with Gasteiger partial charge in [-0.25, -0.2) is 4.79 Å². The zero-order chi connectivity index (χ0) is 14.7. The van der Waals surface area contributed by atoms with Gasteiger partial charge in [0.05, 0.1) is 6.10 Å². The number of aliphatic hydroxyl groups is 1. The molecular weight excluding hydrogens is 252 g/mol. The zero-order valence-electron chi connectivity index (χ0n) is 13.1. The van der Waals surface area contributed by atoms with Crippen molar-refractivity contribution in [2.24, 2.45) is 17.8 Å². The summed E-state index contributed by atoms with van der Waals surface area (Å²) in [5.41, 5.74) is 0. The van der Waals surface area contributed by atoms with Crippen molar-refractivity contribution in [3.8, 4) is 0 Å². The molecule has 4 unspecified atom stereocenters. The van der Waals surface area contributed by atoms with E-state index in [4.69, 9.17) is 0 Å². The average Bonchev–Trinajstić information content (AvgIpc) is 2.42. The lowest BCUT2D eigenvalue weighted by Gasteiger charge is -2.37. The van der Waals surface area contributed by atoms with E-state index in [2.05, 4.69) is 19.2 Å². The second-order valence-corrected chi connectivity index (χ2v) is 7.02. The fourth-order valence-corrected chi connectivity index (χ4v) is 3.71. The number of rotatable bonds is 2. The molecule has 1 heterocycles. The number of hydrogen-bond acceptors (Lipinski definition) is 2. The minimum Gasteiger partial charge on any atom is -0.393 e. The summed E-state index contributed by atoms with van der Waals surface area (Å²) in [6.07, 6.45) is 5.14. The van der Waals surface area contributed by atoms with E-state index in [-0.39, 0.29) is 12.1 Å². The number of carbonyl (C=O) groups excluding carboxylic acids is 1. The maximum absolute atomic E-state index is 12.3. The summed E-state index contributed by atoms with van der Waals surface area (Å²) in [6.45, 7) is 7.96. The normalized spacial score (nSPS) is 33.8. The van der Waals surface area contributed by atoms with Crippen LogP contribution in [0, 0.1) is 17.8 Å². The molecule has 0 aromatic carbocycles. The van der Waals surface area contributed by atoms with E-state index < -0.39 is 0 Å². The summed E-state index contributed by atoms with van der Waals surface area (Å²) in [6, 6.07) is 0.439. The fraction of sp³-hybridized carbons (Fsp3) is 0.938. The third-order valence-corrected chi connectivity index (χ3v) is 5.25. The smallest absolute Gasteiger partial charge is 0.317 e. The van der Waals surface area contributed by atoms with Gasteiger partial charge in [0.15, 0.2) is 0 Å². The maximum atomic E-state index is 12.3. The average molecular weight is 282 g/mol. The summed E-state index contributed by atoms with van der Waals surface area (Å²) >= 11 is 0. The Morgan fingerprint density at radius 2 is 1.85 bits per heavy atom. The molecule has 0 aromatic rings. The minimum absolute atomic E-state index is 0.0976. The number of urea groups is 1. The van der Waals surface area contributed by atoms with E-state index >= 15 is 0 Å². The predicted molar refractivity (Wildman–Crippen MR) is 80.5 cm³/mol. The molecule has 4 nitrogen and oxygen atoms in total. The van der Waals surface area contributed by atoms with Crippen LogP contribution in [0.1, 0.15) is 52.9 Å². The molecule has 0 spiro atoms. The summed E-state index contributed by atoms with van der Waals surface area (Å²) in [4.78, 5) is 14.2. The molecule has 2 N–H and O–H groups in total. The highest BCUT2D eigenvalue weighted by Crippen LogP contribution is 2.29. The highest BCUT2D eigenvalue weighted by molar-refractivity contribution is 5.74. The van der Waals surface area contributed by atoms with Crippen LogP contribution in [0.4, 0.5) is 4.79 Å². The van der Waals surface area contributed by atoms with Gasteiger partial charge in [-0.3, -0.25) is 0 Å². The Morgan fingerprint density at radius 1 is 1.20 bits per heavy atom. The van der Waals surface area contributed by atoms with Crippen molar-refractivity contribution in [2.75, 3.05) is 13.1 Å². The summed E-state index contributed by atoms with van der Waals surface area (Å²) in [7, 11) is 0. The van der Waals surface area contributed by atoms with Crippen LogP contribution in [-0.4, -0.2) is 41.3 Å². The van der Waals surface area contributed by atoms with Crippen molar-refractivity contribution in [3.05, 3.63) is 0 Å². The first-order valence-electron chi connectivity index (χ1n) is 8.21. The van der Waals surface area contributed by atoms with Gasteiger partial charge in [-0.05, 0) is 56.8 Å². The van der Waals surface area contributed by atoms with E-state index in [1.807, 2.05) is 11.8 Å². The second kappa shape index (κ2) is 6.79. The Kier molecular flexibility index (Phi) is 5.30. The maximum Gasteiger partial charge on any atom is 0.317 e. The molecule has 2 fully saturated rings. The van der Waals surface area contributed by atoms with E-state index in [1.54, 1.807) is 0 Å². The van der Waals surface area contributed by atoms with Gasteiger partial charge in [0, 0.05) is 19.1 Å². The number of hydrogen-bond donors (Lipinski definition) is 2. The van der Waals surface area contributed by atoms with Gasteiger partial charge in [0.2, 0.25) is 0 Å². The standard InChI is InChI=1S/C16H30N2O2/c1-11-4-5-15(12(2)10-11)17-16(20)18-8-6-14(7-9-18)13(3)19/h11-15,19H,4-10H2,1-3H3,(H,17,20). The van der Waals surface area contributed by atoms with Gasteiger partial charge in [0.1, 0.15) is 0 Å². The first-order valence-corrected chi connectivity index (χ1v) is 8.21. The van der Waals surface area contributed by atoms with Crippen LogP contribution in [0.25, 0.3) is 0 Å². The van der Waals surface area contributed by atoms with Crippen LogP contribution in [0.2, 0.25) is 0 Å². The molecule has 2 aliphatic rings. The predicted octanol–water partition coefficient (Wildman–Crippen LogP) is 2.61. The van der Waals surface area contributed by atoms with Gasteiger partial charge >= 0.3 is 6.03 Å².